The second kappa shape index (κ2) is 9.35. The van der Waals surface area contributed by atoms with Crippen molar-refractivity contribution in [3.05, 3.63) is 71.3 Å². The van der Waals surface area contributed by atoms with E-state index in [0.29, 0.717) is 24.0 Å². The molecule has 0 heterocycles. The number of alkyl halides is 3. The van der Waals surface area contributed by atoms with Crippen LogP contribution in [-0.4, -0.2) is 11.7 Å². The third-order valence-corrected chi connectivity index (χ3v) is 4.20. The summed E-state index contributed by atoms with van der Waals surface area (Å²) in [6.45, 7) is 1.89. The lowest BCUT2D eigenvalue weighted by atomic mass is 9.99. The van der Waals surface area contributed by atoms with Gasteiger partial charge in [-0.3, -0.25) is 9.59 Å². The molecule has 3 nitrogen and oxygen atoms in total. The summed E-state index contributed by atoms with van der Waals surface area (Å²) in [6.07, 6.45) is -3.17. The number of rotatable bonds is 8. The Morgan fingerprint density at radius 2 is 1.70 bits per heavy atom. The van der Waals surface area contributed by atoms with Gasteiger partial charge in [-0.05, 0) is 24.1 Å². The van der Waals surface area contributed by atoms with Gasteiger partial charge in [-0.15, -0.1) is 0 Å². The Morgan fingerprint density at radius 1 is 1.00 bits per heavy atom. The molecule has 0 aliphatic rings. The number of amides is 1. The van der Waals surface area contributed by atoms with Gasteiger partial charge in [-0.2, -0.15) is 13.2 Å². The van der Waals surface area contributed by atoms with Crippen LogP contribution in [-0.2, 0) is 11.0 Å². The molecule has 27 heavy (non-hydrogen) atoms. The van der Waals surface area contributed by atoms with Gasteiger partial charge in [0.25, 0.3) is 0 Å². The molecule has 0 fully saturated rings. The van der Waals surface area contributed by atoms with E-state index in [4.69, 9.17) is 0 Å². The number of nitrogens with one attached hydrogen (secondary N) is 1. The molecule has 0 spiro atoms. The first-order chi connectivity index (χ1) is 12.8. The molecule has 6 heteroatoms. The molecule has 2 rings (SSSR count). The van der Waals surface area contributed by atoms with E-state index < -0.39 is 17.8 Å². The maximum Gasteiger partial charge on any atom is 0.416 e. The smallest absolute Gasteiger partial charge is 0.349 e. The highest BCUT2D eigenvalue weighted by molar-refractivity contribution is 5.97. The van der Waals surface area contributed by atoms with Crippen molar-refractivity contribution < 1.29 is 22.8 Å². The van der Waals surface area contributed by atoms with Crippen LogP contribution in [0.1, 0.15) is 60.1 Å². The Kier molecular flexibility index (Phi) is 7.16. The van der Waals surface area contributed by atoms with Gasteiger partial charge in [-0.25, -0.2) is 0 Å². The normalized spacial score (nSPS) is 12.4. The average molecular weight is 377 g/mol. The van der Waals surface area contributed by atoms with E-state index in [1.54, 1.807) is 36.4 Å². The Balaban J connectivity index is 2.01. The lowest BCUT2D eigenvalue weighted by molar-refractivity contribution is -0.137. The molecule has 144 valence electrons. The molecule has 0 saturated carbocycles. The summed E-state index contributed by atoms with van der Waals surface area (Å²) in [4.78, 5) is 24.3. The van der Waals surface area contributed by atoms with Crippen molar-refractivity contribution in [1.29, 1.82) is 0 Å². The SMILES string of the molecule is CCC[C@H](NC(=O)CCC(=O)c1ccccc1)c1cccc(C(F)(F)F)c1. The van der Waals surface area contributed by atoms with Crippen molar-refractivity contribution in [2.24, 2.45) is 0 Å². The minimum atomic E-state index is -4.43. The fourth-order valence-electron chi connectivity index (χ4n) is 2.80. The first kappa shape index (κ1) is 20.7. The van der Waals surface area contributed by atoms with Gasteiger partial charge >= 0.3 is 6.18 Å². The predicted molar refractivity (Wildman–Crippen MR) is 97.2 cm³/mol. The van der Waals surface area contributed by atoms with Crippen LogP contribution in [0.5, 0.6) is 0 Å². The summed E-state index contributed by atoms with van der Waals surface area (Å²) in [5.41, 5.74) is 0.206. The van der Waals surface area contributed by atoms with E-state index in [1.165, 1.54) is 6.07 Å². The van der Waals surface area contributed by atoms with E-state index in [2.05, 4.69) is 5.32 Å². The van der Waals surface area contributed by atoms with Crippen molar-refractivity contribution in [1.82, 2.24) is 5.32 Å². The highest BCUT2D eigenvalue weighted by atomic mass is 19.4. The minimum Gasteiger partial charge on any atom is -0.349 e. The quantitative estimate of drug-likeness (QED) is 0.633. The van der Waals surface area contributed by atoms with E-state index in [9.17, 15) is 22.8 Å². The summed E-state index contributed by atoms with van der Waals surface area (Å²) >= 11 is 0. The lowest BCUT2D eigenvalue weighted by Crippen LogP contribution is -2.29. The van der Waals surface area contributed by atoms with Crippen LogP contribution >= 0.6 is 0 Å². The maximum atomic E-state index is 12.9. The van der Waals surface area contributed by atoms with E-state index in [-0.39, 0.29) is 24.5 Å². The van der Waals surface area contributed by atoms with Crippen molar-refractivity contribution in [2.45, 2.75) is 44.8 Å². The fraction of sp³-hybridized carbons (Fsp3) is 0.333. The largest absolute Gasteiger partial charge is 0.416 e. The number of hydrogen-bond donors (Lipinski definition) is 1. The minimum absolute atomic E-state index is 0.00704. The fourth-order valence-corrected chi connectivity index (χ4v) is 2.80. The zero-order chi connectivity index (χ0) is 19.9. The molecule has 0 saturated heterocycles. The topological polar surface area (TPSA) is 46.2 Å². The first-order valence-electron chi connectivity index (χ1n) is 8.86. The van der Waals surface area contributed by atoms with Crippen molar-refractivity contribution >= 4 is 11.7 Å². The van der Waals surface area contributed by atoms with E-state index >= 15 is 0 Å². The van der Waals surface area contributed by atoms with E-state index in [0.717, 1.165) is 12.1 Å². The van der Waals surface area contributed by atoms with Crippen LogP contribution in [0.25, 0.3) is 0 Å². The Hall–Kier alpha value is -2.63. The monoisotopic (exact) mass is 377 g/mol. The Labute approximate surface area is 156 Å². The summed E-state index contributed by atoms with van der Waals surface area (Å²) in [5.74, 6) is -0.494. The molecular weight excluding hydrogens is 355 g/mol. The van der Waals surface area contributed by atoms with Crippen LogP contribution in [0.4, 0.5) is 13.2 Å². The number of ketones is 1. The molecule has 0 radical (unpaired) electrons. The highest BCUT2D eigenvalue weighted by Crippen LogP contribution is 2.31. The van der Waals surface area contributed by atoms with Crippen molar-refractivity contribution in [3.8, 4) is 0 Å². The van der Waals surface area contributed by atoms with Crippen LogP contribution < -0.4 is 5.32 Å². The summed E-state index contributed by atoms with van der Waals surface area (Å²) in [6, 6.07) is 13.1. The lowest BCUT2D eigenvalue weighted by Gasteiger charge is -2.20. The summed E-state index contributed by atoms with van der Waals surface area (Å²) < 4.78 is 38.8. The maximum absolute atomic E-state index is 12.9. The van der Waals surface area contributed by atoms with Crippen molar-refractivity contribution in [2.75, 3.05) is 0 Å². The van der Waals surface area contributed by atoms with Crippen LogP contribution in [0.15, 0.2) is 54.6 Å². The first-order valence-corrected chi connectivity index (χ1v) is 8.86. The number of hydrogen-bond acceptors (Lipinski definition) is 2. The van der Waals surface area contributed by atoms with Crippen LogP contribution in [0.3, 0.4) is 0 Å². The zero-order valence-electron chi connectivity index (χ0n) is 15.1. The van der Waals surface area contributed by atoms with Gasteiger partial charge in [0.15, 0.2) is 5.78 Å². The molecule has 0 aromatic heterocycles. The van der Waals surface area contributed by atoms with Gasteiger partial charge in [0, 0.05) is 18.4 Å². The predicted octanol–water partition coefficient (Wildman–Crippen LogP) is 5.33. The van der Waals surface area contributed by atoms with E-state index in [1.807, 2.05) is 6.92 Å². The number of halogens is 3. The van der Waals surface area contributed by atoms with Gasteiger partial charge in [0.1, 0.15) is 0 Å². The molecule has 0 aliphatic heterocycles. The molecule has 0 bridgehead atoms. The molecule has 2 aromatic rings. The van der Waals surface area contributed by atoms with Gasteiger partial charge in [0.05, 0.1) is 11.6 Å². The van der Waals surface area contributed by atoms with Gasteiger partial charge in [-0.1, -0.05) is 55.8 Å². The summed E-state index contributed by atoms with van der Waals surface area (Å²) in [5, 5.41) is 2.76. The number of carbonyl (C=O) groups is 2. The third-order valence-electron chi connectivity index (χ3n) is 4.20. The Bertz CT molecular complexity index is 772. The number of carbonyl (C=O) groups excluding carboxylic acids is 2. The molecule has 0 unspecified atom stereocenters. The van der Waals surface area contributed by atoms with Gasteiger partial charge < -0.3 is 5.32 Å². The molecule has 1 atom stereocenters. The molecule has 1 amide bonds. The molecular formula is C21H22F3NO2. The highest BCUT2D eigenvalue weighted by Gasteiger charge is 2.31. The second-order valence-corrected chi connectivity index (χ2v) is 6.32. The number of Topliss-reactive ketones (excluding diaryl/α,β-unsaturated/α-hetero) is 1. The molecule has 0 aliphatic carbocycles. The van der Waals surface area contributed by atoms with Crippen LogP contribution in [0, 0.1) is 0 Å². The standard InChI is InChI=1S/C21H22F3NO2/c1-2-7-18(16-10-6-11-17(14-16)21(22,23)24)25-20(27)13-12-19(26)15-8-4-3-5-9-15/h3-6,8-11,14,18H,2,7,12-13H2,1H3,(H,25,27)/t18-/m0/s1. The third kappa shape index (κ3) is 6.24. The molecule has 1 N–H and O–H groups in total. The van der Waals surface area contributed by atoms with Crippen molar-refractivity contribution in [3.63, 3.8) is 0 Å². The molecule has 2 aromatic carbocycles. The average Bonchev–Trinajstić information content (AvgIpc) is 2.66. The van der Waals surface area contributed by atoms with Gasteiger partial charge in [0.2, 0.25) is 5.91 Å². The van der Waals surface area contributed by atoms with Crippen LogP contribution in [0.2, 0.25) is 0 Å². The Morgan fingerprint density at radius 3 is 2.33 bits per heavy atom. The zero-order valence-corrected chi connectivity index (χ0v) is 15.1. The second-order valence-electron chi connectivity index (χ2n) is 6.32. The summed E-state index contributed by atoms with van der Waals surface area (Å²) in [7, 11) is 0. The number of benzene rings is 2.